The fourth-order valence-corrected chi connectivity index (χ4v) is 7.08. The summed E-state index contributed by atoms with van der Waals surface area (Å²) in [7, 11) is -4.63. The van der Waals surface area contributed by atoms with Crippen LogP contribution in [0.4, 0.5) is 0 Å². The SMILES string of the molecule is CCCCC/C=C/C/C=C/C/C=C/CCCCC(=O)O[C@@H](COC(=O)CCCCCCCCCCCCC/C=C/CCCCCCCC)COP(=O)(O)OC[C@H](O)CO. The van der Waals surface area contributed by atoms with Crippen molar-refractivity contribution in [3.63, 3.8) is 0 Å². The maximum atomic E-state index is 12.6. The number of phosphoric acid groups is 1. The van der Waals surface area contributed by atoms with Crippen molar-refractivity contribution in [1.29, 1.82) is 0 Å². The minimum atomic E-state index is -4.63. The molecule has 1 unspecified atom stereocenters. The summed E-state index contributed by atoms with van der Waals surface area (Å²) >= 11 is 0. The summed E-state index contributed by atoms with van der Waals surface area (Å²) < 4.78 is 32.7. The molecule has 0 aliphatic heterocycles. The molecule has 59 heavy (non-hydrogen) atoms. The third-order valence-corrected chi connectivity index (χ3v) is 10.9. The van der Waals surface area contributed by atoms with Crippen molar-refractivity contribution in [2.24, 2.45) is 0 Å². The smallest absolute Gasteiger partial charge is 0.462 e. The van der Waals surface area contributed by atoms with E-state index in [9.17, 15) is 24.2 Å². The van der Waals surface area contributed by atoms with Crippen LogP contribution < -0.4 is 0 Å². The second kappa shape index (κ2) is 44.0. The molecule has 0 amide bonds. The lowest BCUT2D eigenvalue weighted by Crippen LogP contribution is -2.29. The molecule has 0 aromatic rings. The molecule has 3 atom stereocenters. The molecule has 0 heterocycles. The van der Waals surface area contributed by atoms with E-state index in [4.69, 9.17) is 23.6 Å². The largest absolute Gasteiger partial charge is 0.472 e. The molecule has 0 radical (unpaired) electrons. The Morgan fingerprint density at radius 2 is 0.881 bits per heavy atom. The number of allylic oxidation sites excluding steroid dienone is 8. The Labute approximate surface area is 360 Å². The Hall–Kier alpha value is -2.07. The molecular formula is C48H87O10P. The number of hydrogen-bond donors (Lipinski definition) is 3. The zero-order valence-corrected chi connectivity index (χ0v) is 38.4. The molecule has 0 fully saturated rings. The average molecular weight is 855 g/mol. The first-order valence-electron chi connectivity index (χ1n) is 23.6. The van der Waals surface area contributed by atoms with E-state index in [0.717, 1.165) is 51.4 Å². The van der Waals surface area contributed by atoms with E-state index in [2.05, 4.69) is 62.5 Å². The number of ether oxygens (including phenoxy) is 2. The average Bonchev–Trinajstić information content (AvgIpc) is 3.22. The quantitative estimate of drug-likeness (QED) is 0.0234. The van der Waals surface area contributed by atoms with Gasteiger partial charge in [0, 0.05) is 12.8 Å². The van der Waals surface area contributed by atoms with Crippen LogP contribution in [0.1, 0.15) is 206 Å². The van der Waals surface area contributed by atoms with E-state index < -0.39 is 51.8 Å². The van der Waals surface area contributed by atoms with E-state index in [1.165, 1.54) is 116 Å². The first-order chi connectivity index (χ1) is 28.7. The van der Waals surface area contributed by atoms with Crippen molar-refractivity contribution < 1.29 is 47.8 Å². The Bertz CT molecular complexity index is 1120. The Kier molecular flexibility index (Phi) is 42.5. The summed E-state index contributed by atoms with van der Waals surface area (Å²) in [6, 6.07) is 0. The third kappa shape index (κ3) is 43.8. The van der Waals surface area contributed by atoms with Crippen molar-refractivity contribution in [1.82, 2.24) is 0 Å². The highest BCUT2D eigenvalue weighted by Gasteiger charge is 2.27. The van der Waals surface area contributed by atoms with Gasteiger partial charge < -0.3 is 24.6 Å². The maximum absolute atomic E-state index is 12.6. The summed E-state index contributed by atoms with van der Waals surface area (Å²) in [6.45, 7) is 2.32. The summed E-state index contributed by atoms with van der Waals surface area (Å²) in [5.74, 6) is -0.968. The van der Waals surface area contributed by atoms with Crippen LogP contribution in [-0.4, -0.2) is 65.7 Å². The standard InChI is InChI=1S/C48H87O10P/c1-3-5-7-9-11-13-15-17-19-20-21-22-23-24-26-27-29-31-33-35-37-39-47(51)55-43-46(44-57-59(53,54)56-42-45(50)41-49)58-48(52)40-38-36-34-32-30-28-25-18-16-14-12-10-8-6-4-2/h12,14,17-19,25,30,32,45-46,49-50H,3-11,13,15-16,20-24,26-29,31,33-44H2,1-2H3,(H,53,54)/b14-12+,19-17+,25-18+,32-30+/t45-,46+/m1/s1. The molecule has 0 saturated carbocycles. The lowest BCUT2D eigenvalue weighted by Gasteiger charge is -2.20. The Morgan fingerprint density at radius 3 is 1.41 bits per heavy atom. The van der Waals surface area contributed by atoms with Gasteiger partial charge in [-0.3, -0.25) is 18.6 Å². The summed E-state index contributed by atoms with van der Waals surface area (Å²) in [4.78, 5) is 35.0. The Balaban J connectivity index is 4.25. The van der Waals surface area contributed by atoms with Crippen molar-refractivity contribution >= 4 is 19.8 Å². The van der Waals surface area contributed by atoms with Gasteiger partial charge in [0.05, 0.1) is 19.8 Å². The highest BCUT2D eigenvalue weighted by molar-refractivity contribution is 7.47. The molecule has 0 bridgehead atoms. The predicted molar refractivity (Wildman–Crippen MR) is 242 cm³/mol. The van der Waals surface area contributed by atoms with Gasteiger partial charge in [0.25, 0.3) is 0 Å². The number of carbonyl (C=O) groups excluding carboxylic acids is 2. The van der Waals surface area contributed by atoms with E-state index in [0.29, 0.717) is 12.8 Å². The number of hydrogen-bond acceptors (Lipinski definition) is 9. The molecule has 0 aromatic carbocycles. The lowest BCUT2D eigenvalue weighted by molar-refractivity contribution is -0.161. The molecule has 11 heteroatoms. The topological polar surface area (TPSA) is 149 Å². The fraction of sp³-hybridized carbons (Fsp3) is 0.792. The van der Waals surface area contributed by atoms with Crippen molar-refractivity contribution in [2.75, 3.05) is 26.4 Å². The van der Waals surface area contributed by atoms with Gasteiger partial charge in [0.2, 0.25) is 0 Å². The van der Waals surface area contributed by atoms with E-state index in [-0.39, 0.29) is 19.4 Å². The van der Waals surface area contributed by atoms with E-state index in [1.807, 2.05) is 0 Å². The second-order valence-electron chi connectivity index (χ2n) is 15.8. The fourth-order valence-electron chi connectivity index (χ4n) is 6.29. The van der Waals surface area contributed by atoms with Crippen LogP contribution >= 0.6 is 7.82 Å². The van der Waals surface area contributed by atoms with Gasteiger partial charge in [-0.25, -0.2) is 4.57 Å². The molecular weight excluding hydrogens is 767 g/mol. The molecule has 0 aromatic heterocycles. The molecule has 10 nitrogen and oxygen atoms in total. The first-order valence-corrected chi connectivity index (χ1v) is 25.1. The number of phosphoric ester groups is 1. The third-order valence-electron chi connectivity index (χ3n) is 9.96. The number of esters is 2. The minimum absolute atomic E-state index is 0.135. The van der Waals surface area contributed by atoms with Crippen molar-refractivity contribution in [2.45, 2.75) is 219 Å². The highest BCUT2D eigenvalue weighted by atomic mass is 31.2. The normalized spacial score (nSPS) is 14.2. The van der Waals surface area contributed by atoms with Crippen LogP contribution in [0.3, 0.4) is 0 Å². The Morgan fingerprint density at radius 1 is 0.508 bits per heavy atom. The molecule has 0 aliphatic rings. The molecule has 0 aliphatic carbocycles. The van der Waals surface area contributed by atoms with Gasteiger partial charge in [-0.2, -0.15) is 0 Å². The van der Waals surface area contributed by atoms with Gasteiger partial charge in [0.15, 0.2) is 6.10 Å². The monoisotopic (exact) mass is 855 g/mol. The number of unbranched alkanes of at least 4 members (excludes halogenated alkanes) is 22. The molecule has 0 rings (SSSR count). The highest BCUT2D eigenvalue weighted by Crippen LogP contribution is 2.43. The van der Waals surface area contributed by atoms with Crippen molar-refractivity contribution in [3.05, 3.63) is 48.6 Å². The van der Waals surface area contributed by atoms with Crippen LogP contribution in [0.5, 0.6) is 0 Å². The summed E-state index contributed by atoms with van der Waals surface area (Å²) in [5, 5.41) is 18.4. The summed E-state index contributed by atoms with van der Waals surface area (Å²) in [6.07, 6.45) is 48.0. The van der Waals surface area contributed by atoms with Crippen LogP contribution in [0.2, 0.25) is 0 Å². The van der Waals surface area contributed by atoms with E-state index in [1.54, 1.807) is 0 Å². The molecule has 344 valence electrons. The molecule has 0 saturated heterocycles. The predicted octanol–water partition coefficient (Wildman–Crippen LogP) is 12.9. The zero-order chi connectivity index (χ0) is 43.3. The number of aliphatic hydroxyl groups is 2. The van der Waals surface area contributed by atoms with Gasteiger partial charge in [0.1, 0.15) is 12.7 Å². The lowest BCUT2D eigenvalue weighted by atomic mass is 10.0. The van der Waals surface area contributed by atoms with Crippen LogP contribution in [0, 0.1) is 0 Å². The van der Waals surface area contributed by atoms with E-state index >= 15 is 0 Å². The van der Waals surface area contributed by atoms with Gasteiger partial charge in [-0.15, -0.1) is 0 Å². The van der Waals surface area contributed by atoms with Gasteiger partial charge in [-0.1, -0.05) is 165 Å². The maximum Gasteiger partial charge on any atom is 0.472 e. The number of aliphatic hydroxyl groups excluding tert-OH is 2. The molecule has 3 N–H and O–H groups in total. The number of rotatable bonds is 44. The van der Waals surface area contributed by atoms with Gasteiger partial charge >= 0.3 is 19.8 Å². The van der Waals surface area contributed by atoms with Crippen molar-refractivity contribution in [3.8, 4) is 0 Å². The molecule has 0 spiro atoms. The zero-order valence-electron chi connectivity index (χ0n) is 37.5. The van der Waals surface area contributed by atoms with Crippen LogP contribution in [0.25, 0.3) is 0 Å². The first kappa shape index (κ1) is 56.9. The second-order valence-corrected chi connectivity index (χ2v) is 17.2. The van der Waals surface area contributed by atoms with Gasteiger partial charge in [-0.05, 0) is 77.0 Å². The van der Waals surface area contributed by atoms with Crippen LogP contribution in [0.15, 0.2) is 48.6 Å². The number of carbonyl (C=O) groups is 2. The van der Waals surface area contributed by atoms with Crippen LogP contribution in [-0.2, 0) is 32.7 Å². The minimum Gasteiger partial charge on any atom is -0.462 e. The summed E-state index contributed by atoms with van der Waals surface area (Å²) in [5.41, 5.74) is 0.